The average molecular weight is 203 g/mol. The number of nitrogens with two attached hydrogens (primary N) is 2. The highest BCUT2D eigenvalue weighted by Gasteiger charge is 2.11. The Kier molecular flexibility index (Phi) is 5.57. The highest BCUT2D eigenvalue weighted by Crippen LogP contribution is 1.97. The molecule has 0 fully saturated rings. The number of nitrogens with zero attached hydrogens (tertiary/aromatic N) is 1. The van der Waals surface area contributed by atoms with Gasteiger partial charge in [0.2, 0.25) is 5.91 Å². The fourth-order valence-electron chi connectivity index (χ4n) is 0.950. The van der Waals surface area contributed by atoms with E-state index in [9.17, 15) is 4.79 Å². The molecule has 0 aromatic rings. The number of thiocarbonyl (C=S) groups is 1. The molecule has 4 N–H and O–H groups in total. The smallest absolute Gasteiger partial charge is 0.221 e. The summed E-state index contributed by atoms with van der Waals surface area (Å²) in [6, 6.07) is 0. The topological polar surface area (TPSA) is 72.3 Å². The SMILES string of the molecule is CC(CN(C)CCC(N)=S)C(N)=O. The Morgan fingerprint density at radius 2 is 2.08 bits per heavy atom. The quantitative estimate of drug-likeness (QED) is 0.582. The lowest BCUT2D eigenvalue weighted by molar-refractivity contribution is -0.121. The molecule has 76 valence electrons. The van der Waals surface area contributed by atoms with Crippen molar-refractivity contribution in [2.75, 3.05) is 20.1 Å². The molecule has 0 spiro atoms. The first kappa shape index (κ1) is 12.3. The first-order chi connectivity index (χ1) is 5.93. The molecular formula is C8H17N3OS. The van der Waals surface area contributed by atoms with Gasteiger partial charge in [0.1, 0.15) is 0 Å². The zero-order chi connectivity index (χ0) is 10.4. The van der Waals surface area contributed by atoms with Crippen LogP contribution in [0.1, 0.15) is 13.3 Å². The summed E-state index contributed by atoms with van der Waals surface area (Å²) in [5.74, 6) is -0.404. The van der Waals surface area contributed by atoms with Crippen molar-refractivity contribution in [3.8, 4) is 0 Å². The molecule has 5 heteroatoms. The fraction of sp³-hybridized carbons (Fsp3) is 0.750. The summed E-state index contributed by atoms with van der Waals surface area (Å²) in [6.45, 7) is 3.23. The second-order valence-electron chi connectivity index (χ2n) is 3.28. The predicted molar refractivity (Wildman–Crippen MR) is 57.3 cm³/mol. The summed E-state index contributed by atoms with van der Waals surface area (Å²) < 4.78 is 0. The predicted octanol–water partition coefficient (Wildman–Crippen LogP) is -0.284. The average Bonchev–Trinajstić information content (AvgIpc) is 2.00. The Hall–Kier alpha value is -0.680. The summed E-state index contributed by atoms with van der Waals surface area (Å²) in [4.78, 5) is 13.2. The molecule has 0 saturated carbocycles. The van der Waals surface area contributed by atoms with Crippen LogP contribution in [0, 0.1) is 5.92 Å². The van der Waals surface area contributed by atoms with E-state index in [1.165, 1.54) is 0 Å². The molecule has 1 atom stereocenters. The van der Waals surface area contributed by atoms with E-state index in [1.807, 2.05) is 11.9 Å². The number of carbonyl (C=O) groups is 1. The van der Waals surface area contributed by atoms with Crippen molar-refractivity contribution >= 4 is 23.1 Å². The summed E-state index contributed by atoms with van der Waals surface area (Å²) in [6.07, 6.45) is 0.678. The molecule has 0 aliphatic carbocycles. The van der Waals surface area contributed by atoms with Crippen molar-refractivity contribution in [2.24, 2.45) is 17.4 Å². The maximum atomic E-state index is 10.7. The molecule has 13 heavy (non-hydrogen) atoms. The Morgan fingerprint density at radius 3 is 2.46 bits per heavy atom. The molecule has 0 saturated heterocycles. The Morgan fingerprint density at radius 1 is 1.54 bits per heavy atom. The van der Waals surface area contributed by atoms with Gasteiger partial charge in [0.05, 0.1) is 4.99 Å². The molecule has 0 heterocycles. The van der Waals surface area contributed by atoms with Gasteiger partial charge in [-0.15, -0.1) is 0 Å². The maximum absolute atomic E-state index is 10.7. The zero-order valence-electron chi connectivity index (χ0n) is 8.12. The van der Waals surface area contributed by atoms with Crippen molar-refractivity contribution in [2.45, 2.75) is 13.3 Å². The minimum absolute atomic E-state index is 0.128. The van der Waals surface area contributed by atoms with Gasteiger partial charge < -0.3 is 16.4 Å². The number of amides is 1. The van der Waals surface area contributed by atoms with E-state index in [1.54, 1.807) is 6.92 Å². The molecule has 4 nitrogen and oxygen atoms in total. The number of hydrogen-bond acceptors (Lipinski definition) is 3. The van der Waals surface area contributed by atoms with Crippen molar-refractivity contribution in [3.05, 3.63) is 0 Å². The molecule has 0 aromatic heterocycles. The lowest BCUT2D eigenvalue weighted by Gasteiger charge is -2.18. The van der Waals surface area contributed by atoms with Gasteiger partial charge in [-0.2, -0.15) is 0 Å². The monoisotopic (exact) mass is 203 g/mol. The van der Waals surface area contributed by atoms with Crippen LogP contribution in [0.4, 0.5) is 0 Å². The molecule has 0 rings (SSSR count). The van der Waals surface area contributed by atoms with E-state index in [0.717, 1.165) is 6.54 Å². The Labute approximate surface area is 84.3 Å². The molecule has 0 aromatic carbocycles. The van der Waals surface area contributed by atoms with Crippen LogP contribution in [-0.4, -0.2) is 35.9 Å². The van der Waals surface area contributed by atoms with Gasteiger partial charge in [-0.3, -0.25) is 4.79 Å². The standard InChI is InChI=1S/C8H17N3OS/c1-6(8(10)12)5-11(2)4-3-7(9)13/h6H,3-5H2,1-2H3,(H2,9,13)(H2,10,12). The minimum atomic E-state index is -0.276. The van der Waals surface area contributed by atoms with Gasteiger partial charge in [0.15, 0.2) is 0 Å². The lowest BCUT2D eigenvalue weighted by atomic mass is 10.1. The van der Waals surface area contributed by atoms with Gasteiger partial charge in [-0.1, -0.05) is 19.1 Å². The third-order valence-electron chi connectivity index (χ3n) is 1.81. The molecule has 0 aliphatic heterocycles. The molecule has 0 radical (unpaired) electrons. The zero-order valence-corrected chi connectivity index (χ0v) is 8.93. The lowest BCUT2D eigenvalue weighted by Crippen LogP contribution is -2.34. The van der Waals surface area contributed by atoms with Crippen LogP contribution >= 0.6 is 12.2 Å². The van der Waals surface area contributed by atoms with Crippen LogP contribution in [-0.2, 0) is 4.79 Å². The van der Waals surface area contributed by atoms with Gasteiger partial charge in [-0.05, 0) is 7.05 Å². The van der Waals surface area contributed by atoms with Gasteiger partial charge in [0, 0.05) is 25.4 Å². The molecular weight excluding hydrogens is 186 g/mol. The highest BCUT2D eigenvalue weighted by molar-refractivity contribution is 7.80. The van der Waals surface area contributed by atoms with Crippen molar-refractivity contribution < 1.29 is 4.79 Å². The van der Waals surface area contributed by atoms with E-state index in [4.69, 9.17) is 23.7 Å². The molecule has 1 amide bonds. The van der Waals surface area contributed by atoms with E-state index in [2.05, 4.69) is 0 Å². The number of primary amides is 1. The van der Waals surface area contributed by atoms with Gasteiger partial charge in [0.25, 0.3) is 0 Å². The minimum Gasteiger partial charge on any atom is -0.393 e. The van der Waals surface area contributed by atoms with Crippen LogP contribution in [0.2, 0.25) is 0 Å². The Balaban J connectivity index is 3.67. The van der Waals surface area contributed by atoms with Gasteiger partial charge >= 0.3 is 0 Å². The van der Waals surface area contributed by atoms with E-state index in [-0.39, 0.29) is 11.8 Å². The third-order valence-corrected chi connectivity index (χ3v) is 2.02. The second-order valence-corrected chi connectivity index (χ2v) is 3.81. The summed E-state index contributed by atoms with van der Waals surface area (Å²) in [5, 5.41) is 0. The number of rotatable bonds is 6. The van der Waals surface area contributed by atoms with Crippen LogP contribution in [0.5, 0.6) is 0 Å². The van der Waals surface area contributed by atoms with Crippen LogP contribution in [0.25, 0.3) is 0 Å². The van der Waals surface area contributed by atoms with Crippen molar-refractivity contribution in [3.63, 3.8) is 0 Å². The first-order valence-corrected chi connectivity index (χ1v) is 4.60. The van der Waals surface area contributed by atoms with Gasteiger partial charge in [-0.25, -0.2) is 0 Å². The number of hydrogen-bond donors (Lipinski definition) is 2. The summed E-state index contributed by atoms with van der Waals surface area (Å²) in [5.41, 5.74) is 10.5. The molecule has 0 aliphatic rings. The summed E-state index contributed by atoms with van der Waals surface area (Å²) in [7, 11) is 1.91. The van der Waals surface area contributed by atoms with E-state index >= 15 is 0 Å². The number of carbonyl (C=O) groups excluding carboxylic acids is 1. The van der Waals surface area contributed by atoms with Crippen molar-refractivity contribution in [1.82, 2.24) is 4.90 Å². The highest BCUT2D eigenvalue weighted by atomic mass is 32.1. The van der Waals surface area contributed by atoms with Crippen LogP contribution < -0.4 is 11.5 Å². The van der Waals surface area contributed by atoms with E-state index < -0.39 is 0 Å². The molecule has 1 unspecified atom stereocenters. The molecule has 0 bridgehead atoms. The fourth-order valence-corrected chi connectivity index (χ4v) is 1.04. The second kappa shape index (κ2) is 5.88. The first-order valence-electron chi connectivity index (χ1n) is 4.19. The maximum Gasteiger partial charge on any atom is 0.221 e. The summed E-state index contributed by atoms with van der Waals surface area (Å²) >= 11 is 4.74. The van der Waals surface area contributed by atoms with Crippen molar-refractivity contribution in [1.29, 1.82) is 0 Å². The third kappa shape index (κ3) is 6.48. The Bertz CT molecular complexity index is 196. The van der Waals surface area contributed by atoms with E-state index in [0.29, 0.717) is 18.0 Å². The largest absolute Gasteiger partial charge is 0.393 e. The van der Waals surface area contributed by atoms with Crippen LogP contribution in [0.3, 0.4) is 0 Å². The normalized spacial score (nSPS) is 12.8. The van der Waals surface area contributed by atoms with Crippen LogP contribution in [0.15, 0.2) is 0 Å².